The number of para-hydroxylation sites is 6. The van der Waals surface area contributed by atoms with Crippen LogP contribution in [0.4, 0.5) is 0 Å². The van der Waals surface area contributed by atoms with E-state index in [4.69, 9.17) is 19.6 Å². The van der Waals surface area contributed by atoms with Crippen molar-refractivity contribution in [2.75, 3.05) is 0 Å². The number of hydrogen-bond acceptors (Lipinski definition) is 2. The summed E-state index contributed by atoms with van der Waals surface area (Å²) in [6, 6.07) is 36.4. The molecule has 0 fully saturated rings. The van der Waals surface area contributed by atoms with Gasteiger partial charge < -0.3 is 0 Å². The number of rotatable bonds is 8. The number of benzene rings is 5. The van der Waals surface area contributed by atoms with E-state index in [1.807, 2.05) is 72.8 Å². The molecule has 0 bridgehead atoms. The van der Waals surface area contributed by atoms with Gasteiger partial charge in [-0.2, -0.15) is 0 Å². The summed E-state index contributed by atoms with van der Waals surface area (Å²) in [6.07, 6.45) is -2.86. The van der Waals surface area contributed by atoms with Crippen LogP contribution in [0.3, 0.4) is 0 Å². The fraction of sp³-hybridized carbons (Fsp3) is 0.200. The molecule has 0 amide bonds. The van der Waals surface area contributed by atoms with Crippen LogP contribution in [-0.4, -0.2) is 27.9 Å². The molecule has 0 spiro atoms. The van der Waals surface area contributed by atoms with Crippen LogP contribution in [0, 0.1) is 0 Å². The average Bonchev–Trinajstić information content (AvgIpc) is 3.83. The van der Waals surface area contributed by atoms with Crippen molar-refractivity contribution >= 4 is 55.7 Å². The summed E-state index contributed by atoms with van der Waals surface area (Å²) in [5.74, 6) is 1.42. The lowest BCUT2D eigenvalue weighted by Gasteiger charge is -2.10. The van der Waals surface area contributed by atoms with Crippen LogP contribution in [0.15, 0.2) is 109 Å². The average molecular weight is 608 g/mol. The molecule has 226 valence electrons. The second-order valence-electron chi connectivity index (χ2n) is 11.7. The van der Waals surface area contributed by atoms with Gasteiger partial charge in [-0.3, -0.25) is 17.9 Å². The fourth-order valence-corrected chi connectivity index (χ4v) is 7.05. The number of nitrogens with zero attached hydrogens (tertiary/aromatic N) is 6. The van der Waals surface area contributed by atoms with Gasteiger partial charge >= 0.3 is 0 Å². The Kier molecular flexibility index (Phi) is 4.76. The third-order valence-corrected chi connectivity index (χ3v) is 9.06. The standard InChI is InChI=1S/C40H36N6/c1-3-5-14-27-16-11-24-35-37(27)41-39-43(31-20-7-9-22-33(31)45(35)39)29-18-13-19-30(26-29)44-32-21-8-10-23-34(32)46-36-25-12-17-28(15-6-4-2)38(36)42-40(44)46/h7-13,16-26H,3-6,14-15H2,1-2H3/i1D3,4D2,5D2. The largest absolute Gasteiger partial charge is 0.278 e. The summed E-state index contributed by atoms with van der Waals surface area (Å²) < 4.78 is 64.9. The zero-order valence-corrected chi connectivity index (χ0v) is 25.4. The molecule has 9 rings (SSSR count). The minimum absolute atomic E-state index is 0.0705. The molecule has 0 saturated carbocycles. The monoisotopic (exact) mass is 607 g/mol. The van der Waals surface area contributed by atoms with Gasteiger partial charge in [0.1, 0.15) is 0 Å². The van der Waals surface area contributed by atoms with Crippen molar-refractivity contribution in [2.24, 2.45) is 0 Å². The predicted octanol–water partition coefficient (Wildman–Crippen LogP) is 9.86. The Labute approximate surface area is 277 Å². The van der Waals surface area contributed by atoms with Crippen LogP contribution in [0.1, 0.15) is 60.1 Å². The van der Waals surface area contributed by atoms with E-state index in [-0.39, 0.29) is 6.42 Å². The molecule has 4 heterocycles. The molecule has 0 aliphatic heterocycles. The third-order valence-electron chi connectivity index (χ3n) is 9.06. The Morgan fingerprint density at radius 1 is 0.587 bits per heavy atom. The number of imidazole rings is 4. The SMILES string of the molecule is [2H]C([2H])([2H])CC([2H])([2H])Cc1cccc2c1nc1n(-c3cccc(-n4c5ccccc5n5c6cccc(CCC([2H])([2H])C)c6nc45)c3)c3ccccc3n21. The van der Waals surface area contributed by atoms with E-state index in [1.54, 1.807) is 6.92 Å². The first-order valence-corrected chi connectivity index (χ1v) is 15.7. The van der Waals surface area contributed by atoms with Gasteiger partial charge in [0.15, 0.2) is 0 Å². The van der Waals surface area contributed by atoms with Gasteiger partial charge in [-0.05, 0) is 91.4 Å². The second kappa shape index (κ2) is 10.6. The lowest BCUT2D eigenvalue weighted by atomic mass is 10.1. The predicted molar refractivity (Wildman–Crippen MR) is 190 cm³/mol. The molecule has 0 radical (unpaired) electrons. The number of hydrogen-bond donors (Lipinski definition) is 0. The smallest absolute Gasteiger partial charge is 0.220 e. The Morgan fingerprint density at radius 3 is 1.63 bits per heavy atom. The van der Waals surface area contributed by atoms with Crippen LogP contribution in [0.2, 0.25) is 0 Å². The van der Waals surface area contributed by atoms with Crippen LogP contribution in [-0.2, 0) is 12.8 Å². The molecule has 0 aliphatic carbocycles. The highest BCUT2D eigenvalue weighted by atomic mass is 15.2. The zero-order chi connectivity index (χ0) is 36.9. The Hall–Kier alpha value is -5.36. The van der Waals surface area contributed by atoms with E-state index in [1.165, 1.54) is 0 Å². The lowest BCUT2D eigenvalue weighted by Crippen LogP contribution is -2.00. The number of aromatic nitrogens is 6. The molecule has 46 heavy (non-hydrogen) atoms. The van der Waals surface area contributed by atoms with E-state index < -0.39 is 26.0 Å². The van der Waals surface area contributed by atoms with E-state index in [2.05, 4.69) is 54.3 Å². The van der Waals surface area contributed by atoms with Crippen molar-refractivity contribution in [1.29, 1.82) is 0 Å². The van der Waals surface area contributed by atoms with Crippen LogP contribution in [0.25, 0.3) is 67.1 Å². The molecular weight excluding hydrogens is 564 g/mol. The molecule has 4 aromatic heterocycles. The van der Waals surface area contributed by atoms with Crippen molar-refractivity contribution in [3.63, 3.8) is 0 Å². The molecule has 0 N–H and O–H groups in total. The molecule has 0 atom stereocenters. The van der Waals surface area contributed by atoms with E-state index >= 15 is 0 Å². The van der Waals surface area contributed by atoms with Gasteiger partial charge in [0.25, 0.3) is 0 Å². The Morgan fingerprint density at radius 2 is 1.09 bits per heavy atom. The number of fused-ring (bicyclic) bond motifs is 10. The fourth-order valence-electron chi connectivity index (χ4n) is 7.05. The summed E-state index contributed by atoms with van der Waals surface area (Å²) in [6.45, 7) is -0.774. The molecule has 6 heteroatoms. The first-order chi connectivity index (χ1) is 25.3. The molecule has 0 unspecified atom stereocenters. The maximum atomic E-state index is 8.54. The van der Waals surface area contributed by atoms with E-state index in [9.17, 15) is 0 Å². The normalized spacial score (nSPS) is 15.4. The Bertz CT molecular complexity index is 2870. The number of aryl methyl sites for hydroxylation is 2. The van der Waals surface area contributed by atoms with Gasteiger partial charge in [-0.15, -0.1) is 0 Å². The third kappa shape index (κ3) is 3.89. The lowest BCUT2D eigenvalue weighted by molar-refractivity contribution is 0.798. The first-order valence-electron chi connectivity index (χ1n) is 19.2. The minimum Gasteiger partial charge on any atom is -0.278 e. The van der Waals surface area contributed by atoms with Crippen LogP contribution < -0.4 is 0 Å². The molecular formula is C40H36N6. The van der Waals surface area contributed by atoms with Gasteiger partial charge in [0.05, 0.1) is 55.5 Å². The highest BCUT2D eigenvalue weighted by Gasteiger charge is 2.21. The molecule has 6 nitrogen and oxygen atoms in total. The quantitative estimate of drug-likeness (QED) is 0.173. The summed E-state index contributed by atoms with van der Waals surface area (Å²) in [4.78, 5) is 10.4. The molecule has 0 saturated heterocycles. The highest BCUT2D eigenvalue weighted by Crippen LogP contribution is 2.34. The van der Waals surface area contributed by atoms with Crippen molar-refractivity contribution in [2.45, 2.75) is 52.2 Å². The van der Waals surface area contributed by atoms with Gasteiger partial charge in [-0.25, -0.2) is 9.97 Å². The van der Waals surface area contributed by atoms with Gasteiger partial charge in [0.2, 0.25) is 11.6 Å². The Balaban J connectivity index is 1.24. The summed E-state index contributed by atoms with van der Waals surface area (Å²) in [5.41, 5.74) is 10.7. The molecule has 9 aromatic rings. The maximum absolute atomic E-state index is 8.54. The zero-order valence-electron chi connectivity index (χ0n) is 32.4. The van der Waals surface area contributed by atoms with E-state index in [0.717, 1.165) is 61.3 Å². The van der Waals surface area contributed by atoms with Crippen molar-refractivity contribution < 1.29 is 9.60 Å². The van der Waals surface area contributed by atoms with Crippen molar-refractivity contribution in [3.8, 4) is 11.4 Å². The second-order valence-corrected chi connectivity index (χ2v) is 11.7. The summed E-state index contributed by atoms with van der Waals surface area (Å²) in [7, 11) is 0. The summed E-state index contributed by atoms with van der Waals surface area (Å²) >= 11 is 0. The van der Waals surface area contributed by atoms with Crippen molar-refractivity contribution in [3.05, 3.63) is 120 Å². The first kappa shape index (κ1) is 20.6. The van der Waals surface area contributed by atoms with Crippen LogP contribution in [0.5, 0.6) is 0 Å². The topological polar surface area (TPSA) is 44.5 Å². The van der Waals surface area contributed by atoms with Gasteiger partial charge in [0, 0.05) is 9.60 Å². The maximum Gasteiger partial charge on any atom is 0.220 e. The summed E-state index contributed by atoms with van der Waals surface area (Å²) in [5, 5.41) is 0. The highest BCUT2D eigenvalue weighted by molar-refractivity contribution is 5.95. The molecule has 5 aromatic carbocycles. The van der Waals surface area contributed by atoms with Gasteiger partial charge in [-0.1, -0.05) is 81.2 Å². The van der Waals surface area contributed by atoms with Crippen LogP contribution >= 0.6 is 0 Å². The minimum atomic E-state index is -2.39. The van der Waals surface area contributed by atoms with E-state index in [0.29, 0.717) is 29.7 Å². The van der Waals surface area contributed by atoms with Crippen molar-refractivity contribution in [1.82, 2.24) is 27.9 Å². The molecule has 0 aliphatic rings.